The van der Waals surface area contributed by atoms with E-state index in [9.17, 15) is 15.3 Å². The van der Waals surface area contributed by atoms with E-state index in [-0.39, 0.29) is 12.2 Å². The molecule has 0 saturated heterocycles. The molecular formula is C17H20N2O. The Labute approximate surface area is 120 Å². The van der Waals surface area contributed by atoms with Gasteiger partial charge < -0.3 is 0 Å². The van der Waals surface area contributed by atoms with E-state index in [0.29, 0.717) is 24.8 Å². The lowest BCUT2D eigenvalue weighted by atomic mass is 9.60. The smallest absolute Gasteiger partial charge is 0.169 e. The minimum Gasteiger partial charge on any atom is -0.299 e. The molecule has 20 heavy (non-hydrogen) atoms. The number of ketones is 1. The number of hydrogen-bond donors (Lipinski definition) is 0. The van der Waals surface area contributed by atoms with Gasteiger partial charge in [0.2, 0.25) is 0 Å². The number of hydrogen-bond acceptors (Lipinski definition) is 3. The molecule has 1 unspecified atom stereocenters. The predicted molar refractivity (Wildman–Crippen MR) is 78.3 cm³/mol. The van der Waals surface area contributed by atoms with Crippen molar-refractivity contribution in [2.24, 2.45) is 10.8 Å². The van der Waals surface area contributed by atoms with Crippen LogP contribution >= 0.6 is 0 Å². The first-order chi connectivity index (χ1) is 9.36. The van der Waals surface area contributed by atoms with E-state index < -0.39 is 10.8 Å². The summed E-state index contributed by atoms with van der Waals surface area (Å²) in [5.41, 5.74) is -0.734. The van der Waals surface area contributed by atoms with Gasteiger partial charge in [-0.05, 0) is 32.3 Å². The Balaban J connectivity index is 3.45. The average Bonchev–Trinajstić information content (AvgIpc) is 2.40. The normalized spacial score (nSPS) is 22.4. The van der Waals surface area contributed by atoms with Crippen LogP contribution in [0.15, 0.2) is 36.5 Å². The van der Waals surface area contributed by atoms with Gasteiger partial charge in [-0.2, -0.15) is 10.5 Å². The van der Waals surface area contributed by atoms with E-state index in [0.717, 1.165) is 5.57 Å². The van der Waals surface area contributed by atoms with Crippen LogP contribution < -0.4 is 0 Å². The van der Waals surface area contributed by atoms with Crippen LogP contribution in [0.3, 0.4) is 0 Å². The zero-order valence-electron chi connectivity index (χ0n) is 12.2. The second-order valence-corrected chi connectivity index (χ2v) is 5.67. The molecule has 0 heterocycles. The van der Waals surface area contributed by atoms with Crippen molar-refractivity contribution in [2.75, 3.05) is 0 Å². The van der Waals surface area contributed by atoms with Crippen molar-refractivity contribution in [3.63, 3.8) is 0 Å². The molecule has 0 bridgehead atoms. The maximum atomic E-state index is 12.4. The second kappa shape index (κ2) is 5.88. The van der Waals surface area contributed by atoms with Gasteiger partial charge in [0.25, 0.3) is 0 Å². The predicted octanol–water partition coefficient (Wildman–Crippen LogP) is 3.86. The lowest BCUT2D eigenvalue weighted by Gasteiger charge is -2.39. The number of nitriles is 2. The molecule has 0 amide bonds. The van der Waals surface area contributed by atoms with Gasteiger partial charge in [-0.15, -0.1) is 13.2 Å². The lowest BCUT2D eigenvalue weighted by molar-refractivity contribution is -0.126. The molecule has 0 aromatic heterocycles. The monoisotopic (exact) mass is 268 g/mol. The first-order valence-corrected chi connectivity index (χ1v) is 6.68. The summed E-state index contributed by atoms with van der Waals surface area (Å²) in [5, 5.41) is 19.1. The van der Waals surface area contributed by atoms with Crippen LogP contribution in [-0.4, -0.2) is 5.78 Å². The summed E-state index contributed by atoms with van der Waals surface area (Å²) in [6.45, 7) is 11.1. The molecule has 3 nitrogen and oxygen atoms in total. The number of allylic oxidation sites excluding steroid dienone is 4. The molecule has 1 atom stereocenters. The highest BCUT2D eigenvalue weighted by atomic mass is 16.1. The SMILES string of the molecule is C=CCC1(C)C(=O)CCC=C1C(C#N)(C#N)CC(=C)C. The van der Waals surface area contributed by atoms with Crippen LogP contribution in [0, 0.1) is 33.5 Å². The molecule has 0 fully saturated rings. The summed E-state index contributed by atoms with van der Waals surface area (Å²) < 4.78 is 0. The van der Waals surface area contributed by atoms with Gasteiger partial charge in [-0.3, -0.25) is 4.79 Å². The Morgan fingerprint density at radius 2 is 2.15 bits per heavy atom. The summed E-state index contributed by atoms with van der Waals surface area (Å²) in [6.07, 6.45) is 5.30. The largest absolute Gasteiger partial charge is 0.299 e. The van der Waals surface area contributed by atoms with E-state index in [1.165, 1.54) is 0 Å². The Hall–Kier alpha value is -2.13. The third-order valence-electron chi connectivity index (χ3n) is 3.89. The molecule has 1 rings (SSSR count). The summed E-state index contributed by atoms with van der Waals surface area (Å²) >= 11 is 0. The van der Waals surface area contributed by atoms with Gasteiger partial charge in [0.05, 0.1) is 17.6 Å². The maximum Gasteiger partial charge on any atom is 0.169 e. The fourth-order valence-corrected chi connectivity index (χ4v) is 2.93. The summed E-state index contributed by atoms with van der Waals surface area (Å²) in [5.74, 6) is 0.0755. The molecule has 0 N–H and O–H groups in total. The molecule has 0 saturated carbocycles. The molecule has 0 aromatic rings. The number of Topliss-reactive ketones (excluding diaryl/α,β-unsaturated/α-hetero) is 1. The fraction of sp³-hybridized carbons (Fsp3) is 0.471. The Kier molecular flexibility index (Phi) is 4.69. The highest BCUT2D eigenvalue weighted by Gasteiger charge is 2.48. The minimum atomic E-state index is -1.31. The minimum absolute atomic E-state index is 0.0755. The van der Waals surface area contributed by atoms with Crippen LogP contribution in [0.2, 0.25) is 0 Å². The van der Waals surface area contributed by atoms with Gasteiger partial charge in [0.15, 0.2) is 5.41 Å². The highest BCUT2D eigenvalue weighted by molar-refractivity contribution is 5.89. The molecule has 1 aliphatic rings. The maximum absolute atomic E-state index is 12.4. The Morgan fingerprint density at radius 3 is 2.60 bits per heavy atom. The first kappa shape index (κ1) is 15.9. The standard InChI is InChI=1S/C17H20N2O/c1-5-9-16(4)14(7-6-8-15(16)20)17(11-18,12-19)10-13(2)3/h5,7H,1-2,6,8-10H2,3-4H3. The van der Waals surface area contributed by atoms with Crippen LogP contribution in [0.25, 0.3) is 0 Å². The van der Waals surface area contributed by atoms with E-state index in [2.05, 4.69) is 25.3 Å². The average molecular weight is 268 g/mol. The van der Waals surface area contributed by atoms with Gasteiger partial charge >= 0.3 is 0 Å². The molecule has 0 spiro atoms. The van der Waals surface area contributed by atoms with Crippen molar-refractivity contribution >= 4 is 5.78 Å². The van der Waals surface area contributed by atoms with Crippen LogP contribution in [0.4, 0.5) is 0 Å². The van der Waals surface area contributed by atoms with Crippen molar-refractivity contribution in [2.45, 2.75) is 39.5 Å². The van der Waals surface area contributed by atoms with Crippen LogP contribution in [-0.2, 0) is 4.79 Å². The molecule has 0 aromatic carbocycles. The number of nitrogens with zero attached hydrogens (tertiary/aromatic N) is 2. The number of rotatable bonds is 5. The highest BCUT2D eigenvalue weighted by Crippen LogP contribution is 2.49. The topological polar surface area (TPSA) is 64.7 Å². The Morgan fingerprint density at radius 1 is 1.55 bits per heavy atom. The third kappa shape index (κ3) is 2.58. The van der Waals surface area contributed by atoms with Crippen molar-refractivity contribution in [3.8, 4) is 12.1 Å². The number of carbonyl (C=O) groups excluding carboxylic acids is 1. The second-order valence-electron chi connectivity index (χ2n) is 5.67. The molecular weight excluding hydrogens is 248 g/mol. The van der Waals surface area contributed by atoms with Crippen LogP contribution in [0.5, 0.6) is 0 Å². The lowest BCUT2D eigenvalue weighted by Crippen LogP contribution is -2.39. The van der Waals surface area contributed by atoms with Crippen molar-refractivity contribution in [3.05, 3.63) is 36.5 Å². The quantitative estimate of drug-likeness (QED) is 0.711. The van der Waals surface area contributed by atoms with Gasteiger partial charge in [0.1, 0.15) is 5.78 Å². The number of carbonyl (C=O) groups is 1. The molecule has 0 radical (unpaired) electrons. The van der Waals surface area contributed by atoms with E-state index in [4.69, 9.17) is 0 Å². The Bertz CT molecular complexity index is 543. The first-order valence-electron chi connectivity index (χ1n) is 6.68. The van der Waals surface area contributed by atoms with E-state index in [1.54, 1.807) is 13.0 Å². The summed E-state index contributed by atoms with van der Waals surface area (Å²) in [4.78, 5) is 12.4. The van der Waals surface area contributed by atoms with Crippen LogP contribution in [0.1, 0.15) is 39.5 Å². The summed E-state index contributed by atoms with van der Waals surface area (Å²) in [7, 11) is 0. The van der Waals surface area contributed by atoms with Crippen molar-refractivity contribution < 1.29 is 4.79 Å². The zero-order chi connectivity index (χ0) is 15.4. The molecule has 1 aliphatic carbocycles. The van der Waals surface area contributed by atoms with E-state index in [1.807, 2.05) is 13.0 Å². The molecule has 3 heteroatoms. The zero-order valence-corrected chi connectivity index (χ0v) is 12.2. The summed E-state index contributed by atoms with van der Waals surface area (Å²) in [6, 6.07) is 4.25. The van der Waals surface area contributed by atoms with Gasteiger partial charge in [0, 0.05) is 12.8 Å². The fourth-order valence-electron chi connectivity index (χ4n) is 2.93. The van der Waals surface area contributed by atoms with Crippen molar-refractivity contribution in [1.82, 2.24) is 0 Å². The van der Waals surface area contributed by atoms with Crippen molar-refractivity contribution in [1.29, 1.82) is 10.5 Å². The molecule has 0 aliphatic heterocycles. The molecule has 104 valence electrons. The van der Waals surface area contributed by atoms with Gasteiger partial charge in [-0.25, -0.2) is 0 Å². The third-order valence-corrected chi connectivity index (χ3v) is 3.89. The van der Waals surface area contributed by atoms with Gasteiger partial charge in [-0.1, -0.05) is 17.7 Å². The van der Waals surface area contributed by atoms with E-state index >= 15 is 0 Å².